The molecule has 2 aromatic rings. The monoisotopic (exact) mass is 266 g/mol. The van der Waals surface area contributed by atoms with Crippen molar-refractivity contribution in [2.45, 2.75) is 18.4 Å². The quantitative estimate of drug-likeness (QED) is 0.824. The van der Waals surface area contributed by atoms with Crippen LogP contribution in [-0.2, 0) is 16.6 Å². The first-order valence-corrected chi connectivity index (χ1v) is 6.84. The number of hydrogen-bond acceptors (Lipinski definition) is 4. The molecule has 0 amide bonds. The number of nitrogens with one attached hydrogen (secondary N) is 1. The molecule has 0 aliphatic heterocycles. The molecular weight excluding hydrogens is 252 g/mol. The fourth-order valence-electron chi connectivity index (χ4n) is 1.56. The van der Waals surface area contributed by atoms with Gasteiger partial charge >= 0.3 is 0 Å². The molecule has 96 valence electrons. The lowest BCUT2D eigenvalue weighted by molar-refractivity contribution is 0.561. The van der Waals surface area contributed by atoms with Crippen LogP contribution in [0.5, 0.6) is 0 Å². The normalized spacial score (nSPS) is 11.6. The largest absolute Gasteiger partial charge is 0.472 e. The first kappa shape index (κ1) is 12.7. The molecule has 0 spiro atoms. The molecule has 0 aliphatic carbocycles. The standard InChI is InChI=1S/C12H14N2O3S/c1-9-2-3-11(13)6-12(9)18(15,16)14-7-10-4-5-17-8-10/h2-6,8,14H,7,13H2,1H3. The summed E-state index contributed by atoms with van der Waals surface area (Å²) >= 11 is 0. The number of aryl methyl sites for hydroxylation is 1. The number of benzene rings is 1. The van der Waals surface area contributed by atoms with Gasteiger partial charge in [-0.3, -0.25) is 0 Å². The average molecular weight is 266 g/mol. The third-order valence-corrected chi connectivity index (χ3v) is 4.09. The van der Waals surface area contributed by atoms with Crippen molar-refractivity contribution in [3.05, 3.63) is 47.9 Å². The second-order valence-electron chi connectivity index (χ2n) is 3.98. The molecule has 0 saturated heterocycles. The van der Waals surface area contributed by atoms with Crippen molar-refractivity contribution in [1.29, 1.82) is 0 Å². The van der Waals surface area contributed by atoms with Crippen molar-refractivity contribution in [1.82, 2.24) is 4.72 Å². The number of hydrogen-bond donors (Lipinski definition) is 2. The Morgan fingerprint density at radius 1 is 1.33 bits per heavy atom. The predicted molar refractivity (Wildman–Crippen MR) is 68.3 cm³/mol. The maximum Gasteiger partial charge on any atom is 0.241 e. The Morgan fingerprint density at radius 3 is 2.78 bits per heavy atom. The van der Waals surface area contributed by atoms with Crippen LogP contribution in [0.2, 0.25) is 0 Å². The van der Waals surface area contributed by atoms with Crippen LogP contribution in [0, 0.1) is 6.92 Å². The maximum atomic E-state index is 12.1. The molecule has 1 aromatic carbocycles. The van der Waals surface area contributed by atoms with Gasteiger partial charge in [0.15, 0.2) is 0 Å². The number of nitrogen functional groups attached to an aromatic ring is 1. The van der Waals surface area contributed by atoms with Crippen molar-refractivity contribution in [2.75, 3.05) is 5.73 Å². The SMILES string of the molecule is Cc1ccc(N)cc1S(=O)(=O)NCc1ccoc1. The lowest BCUT2D eigenvalue weighted by atomic mass is 10.2. The number of anilines is 1. The second-order valence-corrected chi connectivity index (χ2v) is 5.72. The van der Waals surface area contributed by atoms with E-state index >= 15 is 0 Å². The molecule has 6 heteroatoms. The summed E-state index contributed by atoms with van der Waals surface area (Å²) < 4.78 is 31.6. The summed E-state index contributed by atoms with van der Waals surface area (Å²) in [5.41, 5.74) is 7.45. The van der Waals surface area contributed by atoms with Gasteiger partial charge in [-0.2, -0.15) is 0 Å². The summed E-state index contributed by atoms with van der Waals surface area (Å²) in [7, 11) is -3.56. The van der Waals surface area contributed by atoms with Crippen molar-refractivity contribution in [3.63, 3.8) is 0 Å². The molecule has 18 heavy (non-hydrogen) atoms. The van der Waals surface area contributed by atoms with E-state index in [1.165, 1.54) is 18.6 Å². The first-order valence-electron chi connectivity index (χ1n) is 5.36. The first-order chi connectivity index (χ1) is 8.49. The number of sulfonamides is 1. The highest BCUT2D eigenvalue weighted by atomic mass is 32.2. The van der Waals surface area contributed by atoms with Crippen molar-refractivity contribution < 1.29 is 12.8 Å². The summed E-state index contributed by atoms with van der Waals surface area (Å²) in [5.74, 6) is 0. The highest BCUT2D eigenvalue weighted by molar-refractivity contribution is 7.89. The van der Waals surface area contributed by atoms with Gasteiger partial charge in [0.05, 0.1) is 17.4 Å². The Bertz CT molecular complexity index is 633. The Morgan fingerprint density at radius 2 is 2.11 bits per heavy atom. The van der Waals surface area contributed by atoms with Gasteiger partial charge in [-0.05, 0) is 30.7 Å². The molecule has 0 fully saturated rings. The van der Waals surface area contributed by atoms with E-state index in [1.54, 1.807) is 25.1 Å². The van der Waals surface area contributed by atoms with E-state index in [2.05, 4.69) is 4.72 Å². The zero-order valence-corrected chi connectivity index (χ0v) is 10.7. The van der Waals surface area contributed by atoms with Gasteiger partial charge in [-0.25, -0.2) is 13.1 Å². The summed E-state index contributed by atoms with van der Waals surface area (Å²) in [5, 5.41) is 0. The van der Waals surface area contributed by atoms with Gasteiger partial charge in [0.2, 0.25) is 10.0 Å². The van der Waals surface area contributed by atoms with Crippen LogP contribution in [0.3, 0.4) is 0 Å². The Kier molecular flexibility index (Phi) is 3.40. The van der Waals surface area contributed by atoms with Crippen molar-refractivity contribution >= 4 is 15.7 Å². The van der Waals surface area contributed by atoms with Crippen LogP contribution in [0.1, 0.15) is 11.1 Å². The van der Waals surface area contributed by atoms with Gasteiger partial charge in [0.25, 0.3) is 0 Å². The molecule has 0 aliphatic rings. The zero-order chi connectivity index (χ0) is 13.2. The number of nitrogens with two attached hydrogens (primary N) is 1. The lowest BCUT2D eigenvalue weighted by Crippen LogP contribution is -2.23. The Labute approximate surface area is 106 Å². The minimum atomic E-state index is -3.56. The fourth-order valence-corrected chi connectivity index (χ4v) is 2.85. The van der Waals surface area contributed by atoms with Gasteiger partial charge in [0.1, 0.15) is 0 Å². The van der Waals surface area contributed by atoms with Crippen LogP contribution >= 0.6 is 0 Å². The topological polar surface area (TPSA) is 85.3 Å². The second kappa shape index (κ2) is 4.83. The molecule has 0 radical (unpaired) electrons. The van der Waals surface area contributed by atoms with E-state index in [0.717, 1.165) is 5.56 Å². The molecular formula is C12H14N2O3S. The Hall–Kier alpha value is -1.79. The van der Waals surface area contributed by atoms with Crippen LogP contribution in [-0.4, -0.2) is 8.42 Å². The third-order valence-electron chi connectivity index (χ3n) is 2.55. The maximum absolute atomic E-state index is 12.1. The predicted octanol–water partition coefficient (Wildman–Crippen LogP) is 1.65. The van der Waals surface area contributed by atoms with Crippen LogP contribution < -0.4 is 10.5 Å². The van der Waals surface area contributed by atoms with E-state index in [-0.39, 0.29) is 11.4 Å². The third kappa shape index (κ3) is 2.72. The fraction of sp³-hybridized carbons (Fsp3) is 0.167. The molecule has 0 bridgehead atoms. The molecule has 2 rings (SSSR count). The molecule has 0 atom stereocenters. The lowest BCUT2D eigenvalue weighted by Gasteiger charge is -2.09. The molecule has 0 saturated carbocycles. The molecule has 1 aromatic heterocycles. The minimum absolute atomic E-state index is 0.188. The molecule has 0 unspecified atom stereocenters. The summed E-state index contributed by atoms with van der Waals surface area (Å²) in [6, 6.07) is 6.51. The van der Waals surface area contributed by atoms with Crippen LogP contribution in [0.4, 0.5) is 5.69 Å². The minimum Gasteiger partial charge on any atom is -0.472 e. The Balaban J connectivity index is 2.22. The summed E-state index contributed by atoms with van der Waals surface area (Å²) in [6.45, 7) is 1.92. The van der Waals surface area contributed by atoms with E-state index in [0.29, 0.717) is 11.3 Å². The highest BCUT2D eigenvalue weighted by Crippen LogP contribution is 2.18. The molecule has 1 heterocycles. The average Bonchev–Trinajstić information content (AvgIpc) is 2.83. The van der Waals surface area contributed by atoms with E-state index in [1.807, 2.05) is 0 Å². The number of rotatable bonds is 4. The van der Waals surface area contributed by atoms with E-state index in [4.69, 9.17) is 10.2 Å². The smallest absolute Gasteiger partial charge is 0.241 e. The van der Waals surface area contributed by atoms with Crippen LogP contribution in [0.25, 0.3) is 0 Å². The van der Waals surface area contributed by atoms with Gasteiger partial charge in [-0.15, -0.1) is 0 Å². The van der Waals surface area contributed by atoms with E-state index < -0.39 is 10.0 Å². The zero-order valence-electron chi connectivity index (χ0n) is 9.88. The number of furan rings is 1. The van der Waals surface area contributed by atoms with E-state index in [9.17, 15) is 8.42 Å². The summed E-state index contributed by atoms with van der Waals surface area (Å²) in [6.07, 6.45) is 2.99. The van der Waals surface area contributed by atoms with Gasteiger partial charge < -0.3 is 10.2 Å². The molecule has 5 nitrogen and oxygen atoms in total. The van der Waals surface area contributed by atoms with Crippen LogP contribution in [0.15, 0.2) is 46.1 Å². The van der Waals surface area contributed by atoms with Crippen molar-refractivity contribution in [2.24, 2.45) is 0 Å². The van der Waals surface area contributed by atoms with Gasteiger partial charge in [-0.1, -0.05) is 6.07 Å². The van der Waals surface area contributed by atoms with Gasteiger partial charge in [0, 0.05) is 17.8 Å². The molecule has 3 N–H and O–H groups in total. The van der Waals surface area contributed by atoms with Crippen molar-refractivity contribution in [3.8, 4) is 0 Å². The highest BCUT2D eigenvalue weighted by Gasteiger charge is 2.16. The summed E-state index contributed by atoms with van der Waals surface area (Å²) in [4.78, 5) is 0.200.